The Labute approximate surface area is 246 Å². The molecule has 3 N–H and O–H groups in total. The van der Waals surface area contributed by atoms with Gasteiger partial charge < -0.3 is 34.3 Å². The van der Waals surface area contributed by atoms with Crippen molar-refractivity contribution in [1.82, 2.24) is 9.88 Å². The summed E-state index contributed by atoms with van der Waals surface area (Å²) in [6.07, 6.45) is -2.52. The number of H-pyrrole nitrogens is 1. The lowest BCUT2D eigenvalue weighted by atomic mass is 9.52. The molecule has 1 amide bonds. The molecule has 4 heterocycles. The van der Waals surface area contributed by atoms with Gasteiger partial charge in [-0.1, -0.05) is 39.0 Å². The molecule has 1 saturated carbocycles. The number of aromatic hydroxyl groups is 1. The highest BCUT2D eigenvalue weighted by Crippen LogP contribution is 2.76. The van der Waals surface area contributed by atoms with Crippen LogP contribution in [-0.4, -0.2) is 74.5 Å². The second kappa shape index (κ2) is 8.82. The van der Waals surface area contributed by atoms with Crippen LogP contribution in [0.3, 0.4) is 0 Å². The highest BCUT2D eigenvalue weighted by Gasteiger charge is 2.93. The molecule has 1 aliphatic carbocycles. The minimum absolute atomic E-state index is 0.0380. The maximum atomic E-state index is 14.5. The SMILES string of the molecule is CC(C)(C)[C@]1(O)C[C@@H]2OC(=O)C[C@@]23C(=O)O[C@@H]2N(CCc4c[nH]c5ccc(O)cc45)C(=O)[C@H](OC(=O)c4ccccc4)[C@]213. The zero-order chi connectivity index (χ0) is 30.5. The van der Waals surface area contributed by atoms with Gasteiger partial charge in [-0.3, -0.25) is 14.4 Å². The Morgan fingerprint density at radius 3 is 2.58 bits per heavy atom. The Bertz CT molecular complexity index is 1690. The number of amides is 1. The van der Waals surface area contributed by atoms with E-state index in [4.69, 9.17) is 14.2 Å². The highest BCUT2D eigenvalue weighted by molar-refractivity contribution is 5.99. The number of rotatable bonds is 5. The minimum Gasteiger partial charge on any atom is -0.508 e. The van der Waals surface area contributed by atoms with Crippen LogP contribution in [0.1, 0.15) is 49.5 Å². The third-order valence-corrected chi connectivity index (χ3v) is 10.2. The fourth-order valence-electron chi connectivity index (χ4n) is 8.19. The number of esters is 3. The summed E-state index contributed by atoms with van der Waals surface area (Å²) >= 11 is 0. The fourth-order valence-corrected chi connectivity index (χ4v) is 8.19. The highest BCUT2D eigenvalue weighted by atomic mass is 16.6. The molecule has 11 heteroatoms. The number of aliphatic hydroxyl groups is 1. The quantitative estimate of drug-likeness (QED) is 0.301. The number of nitrogens with zero attached hydrogens (tertiary/aromatic N) is 1. The summed E-state index contributed by atoms with van der Waals surface area (Å²) in [6.45, 7) is 5.37. The largest absolute Gasteiger partial charge is 0.508 e. The number of nitrogens with one attached hydrogen (secondary N) is 1. The van der Waals surface area contributed by atoms with E-state index in [0.29, 0.717) is 6.42 Å². The van der Waals surface area contributed by atoms with Gasteiger partial charge in [0, 0.05) is 30.1 Å². The summed E-state index contributed by atoms with van der Waals surface area (Å²) in [5.74, 6) is -2.76. The monoisotopic (exact) mass is 588 g/mol. The standard InChI is InChI=1S/C32H32N2O9/c1-29(2,3)31(40)14-22-30(15-23(36)41-22)28(39)43-27-32(30,31)24(42-26(38)17-7-5-4-6-8-17)25(37)34(27)12-11-18-16-33-21-10-9-19(35)13-20(18)21/h4-10,13,16,22,24,27,33,35,40H,11-12,14-15H2,1-3H3/t22-,24-,27-,30-,31+,32+/m0/s1. The van der Waals surface area contributed by atoms with E-state index in [9.17, 15) is 29.4 Å². The Morgan fingerprint density at radius 1 is 1.12 bits per heavy atom. The molecule has 3 aliphatic heterocycles. The first-order valence-electron chi connectivity index (χ1n) is 14.3. The zero-order valence-electron chi connectivity index (χ0n) is 24.0. The first kappa shape index (κ1) is 27.5. The Morgan fingerprint density at radius 2 is 1.86 bits per heavy atom. The van der Waals surface area contributed by atoms with Crippen LogP contribution in [0.4, 0.5) is 0 Å². The molecule has 0 bridgehead atoms. The van der Waals surface area contributed by atoms with Crippen LogP contribution in [0.5, 0.6) is 5.75 Å². The molecule has 4 fully saturated rings. The second-order valence-electron chi connectivity index (χ2n) is 13.0. The van der Waals surface area contributed by atoms with E-state index in [0.717, 1.165) is 16.5 Å². The number of ether oxygens (including phenoxy) is 3. The number of aromatic nitrogens is 1. The van der Waals surface area contributed by atoms with Crippen molar-refractivity contribution in [2.75, 3.05) is 6.54 Å². The van der Waals surface area contributed by atoms with Crippen LogP contribution < -0.4 is 0 Å². The average Bonchev–Trinajstić information content (AvgIpc) is 3.68. The van der Waals surface area contributed by atoms with Crippen molar-refractivity contribution in [3.05, 3.63) is 65.9 Å². The van der Waals surface area contributed by atoms with Crippen molar-refractivity contribution in [1.29, 1.82) is 0 Å². The lowest BCUT2D eigenvalue weighted by molar-refractivity contribution is -0.211. The number of hydrogen-bond donors (Lipinski definition) is 3. The number of fused-ring (bicyclic) bond motifs is 1. The molecule has 43 heavy (non-hydrogen) atoms. The third-order valence-electron chi connectivity index (χ3n) is 10.2. The van der Waals surface area contributed by atoms with E-state index < -0.39 is 70.5 Å². The summed E-state index contributed by atoms with van der Waals surface area (Å²) in [5, 5.41) is 23.6. The molecule has 6 atom stereocenters. The lowest BCUT2D eigenvalue weighted by Crippen LogP contribution is -2.66. The van der Waals surface area contributed by atoms with Crippen LogP contribution in [-0.2, 0) is 35.0 Å². The first-order chi connectivity index (χ1) is 20.3. The summed E-state index contributed by atoms with van der Waals surface area (Å²) in [6, 6.07) is 13.1. The van der Waals surface area contributed by atoms with Gasteiger partial charge in [-0.05, 0) is 47.7 Å². The Hall–Kier alpha value is -4.38. The Balaban J connectivity index is 1.37. The molecule has 224 valence electrons. The normalized spacial score (nSPS) is 32.9. The van der Waals surface area contributed by atoms with E-state index in [1.165, 1.54) is 4.90 Å². The van der Waals surface area contributed by atoms with Crippen molar-refractivity contribution in [2.24, 2.45) is 16.2 Å². The maximum absolute atomic E-state index is 14.5. The summed E-state index contributed by atoms with van der Waals surface area (Å²) in [7, 11) is 0. The molecule has 2 spiro atoms. The fraction of sp³-hybridized carbons (Fsp3) is 0.438. The topological polar surface area (TPSA) is 155 Å². The van der Waals surface area contributed by atoms with Crippen LogP contribution >= 0.6 is 0 Å². The third kappa shape index (κ3) is 3.34. The lowest BCUT2D eigenvalue weighted by Gasteiger charge is -2.51. The number of aromatic amines is 1. The number of hydrogen-bond acceptors (Lipinski definition) is 9. The van der Waals surface area contributed by atoms with Crippen molar-refractivity contribution in [3.63, 3.8) is 0 Å². The maximum Gasteiger partial charge on any atom is 0.338 e. The number of carbonyl (C=O) groups excluding carboxylic acids is 4. The number of carbonyl (C=O) groups is 4. The summed E-state index contributed by atoms with van der Waals surface area (Å²) in [4.78, 5) is 59.2. The van der Waals surface area contributed by atoms with Crippen LogP contribution in [0.2, 0.25) is 0 Å². The molecule has 1 aromatic heterocycles. The van der Waals surface area contributed by atoms with Gasteiger partial charge in [-0.15, -0.1) is 0 Å². The van der Waals surface area contributed by atoms with E-state index in [1.807, 2.05) is 0 Å². The molecular weight excluding hydrogens is 556 g/mol. The predicted molar refractivity (Wildman–Crippen MR) is 149 cm³/mol. The van der Waals surface area contributed by atoms with E-state index in [2.05, 4.69) is 4.98 Å². The van der Waals surface area contributed by atoms with Gasteiger partial charge in [0.2, 0.25) is 0 Å². The van der Waals surface area contributed by atoms with Crippen molar-refractivity contribution >= 4 is 34.7 Å². The van der Waals surface area contributed by atoms with Gasteiger partial charge in [0.25, 0.3) is 5.91 Å². The van der Waals surface area contributed by atoms with E-state index in [1.54, 1.807) is 75.5 Å². The molecule has 7 rings (SSSR count). The smallest absolute Gasteiger partial charge is 0.338 e. The number of likely N-dealkylation sites (tertiary alicyclic amines) is 1. The molecule has 3 aromatic rings. The summed E-state index contributed by atoms with van der Waals surface area (Å²) < 4.78 is 17.7. The molecule has 0 radical (unpaired) electrons. The van der Waals surface area contributed by atoms with E-state index in [-0.39, 0.29) is 24.3 Å². The van der Waals surface area contributed by atoms with Crippen LogP contribution in [0.15, 0.2) is 54.7 Å². The number of phenolic OH excluding ortho intramolecular Hbond substituents is 1. The zero-order valence-corrected chi connectivity index (χ0v) is 24.0. The van der Waals surface area contributed by atoms with Gasteiger partial charge in [0.05, 0.1) is 17.6 Å². The van der Waals surface area contributed by atoms with Crippen molar-refractivity contribution in [3.8, 4) is 5.75 Å². The molecular formula is C32H32N2O9. The van der Waals surface area contributed by atoms with Gasteiger partial charge in [-0.2, -0.15) is 0 Å². The summed E-state index contributed by atoms with van der Waals surface area (Å²) in [5.41, 5.74) is -4.60. The van der Waals surface area contributed by atoms with E-state index >= 15 is 0 Å². The van der Waals surface area contributed by atoms with Crippen LogP contribution in [0, 0.1) is 16.2 Å². The number of phenols is 1. The van der Waals surface area contributed by atoms with Gasteiger partial charge in [0.15, 0.2) is 12.3 Å². The molecule has 3 saturated heterocycles. The molecule has 2 aromatic carbocycles. The van der Waals surface area contributed by atoms with Crippen molar-refractivity contribution in [2.45, 2.75) is 64.1 Å². The average molecular weight is 589 g/mol. The second-order valence-corrected chi connectivity index (χ2v) is 13.0. The molecule has 4 aliphatic rings. The van der Waals surface area contributed by atoms with Crippen LogP contribution in [0.25, 0.3) is 10.9 Å². The predicted octanol–water partition coefficient (Wildman–Crippen LogP) is 2.84. The number of benzene rings is 2. The van der Waals surface area contributed by atoms with Gasteiger partial charge in [0.1, 0.15) is 22.7 Å². The van der Waals surface area contributed by atoms with Crippen molar-refractivity contribution < 1.29 is 43.6 Å². The molecule has 0 unspecified atom stereocenters. The molecule has 11 nitrogen and oxygen atoms in total. The van der Waals surface area contributed by atoms with Gasteiger partial charge >= 0.3 is 17.9 Å². The van der Waals surface area contributed by atoms with Gasteiger partial charge in [-0.25, -0.2) is 4.79 Å². The minimum atomic E-state index is -1.84. The Kier molecular flexibility index (Phi) is 5.63. The first-order valence-corrected chi connectivity index (χ1v) is 14.3.